The summed E-state index contributed by atoms with van der Waals surface area (Å²) in [4.78, 5) is 12.3. The lowest BCUT2D eigenvalue weighted by Gasteiger charge is -2.15. The highest BCUT2D eigenvalue weighted by molar-refractivity contribution is 9.10. The molecule has 1 aromatic carbocycles. The van der Waals surface area contributed by atoms with Crippen LogP contribution < -0.4 is 10.2 Å². The molecule has 124 valence electrons. The Morgan fingerprint density at radius 3 is 2.96 bits per heavy atom. The van der Waals surface area contributed by atoms with E-state index in [2.05, 4.69) is 33.4 Å². The molecule has 3 rings (SSSR count). The highest BCUT2D eigenvalue weighted by atomic mass is 79.9. The standard InChI is InChI=1S/C17H21BrN2O3/c1-17-6-4-3-5-11(17)14(17)16(22)20-19-9-10-7-12(18)15(21)13(8-10)23-2/h7-9,11,14,21H,3-6H2,1-2H3,(H,20,22)/t11-,14-,17-/m0/s1. The van der Waals surface area contributed by atoms with Crippen LogP contribution in [0.2, 0.25) is 0 Å². The van der Waals surface area contributed by atoms with Crippen LogP contribution in [0.4, 0.5) is 0 Å². The second-order valence-corrected chi connectivity index (χ2v) is 7.48. The summed E-state index contributed by atoms with van der Waals surface area (Å²) < 4.78 is 5.61. The molecule has 0 saturated heterocycles. The average Bonchev–Trinajstić information content (AvgIpc) is 3.16. The molecule has 0 bridgehead atoms. The van der Waals surface area contributed by atoms with Crippen LogP contribution in [0.1, 0.15) is 38.2 Å². The van der Waals surface area contributed by atoms with E-state index in [1.807, 2.05) is 0 Å². The molecule has 2 N–H and O–H groups in total. The summed E-state index contributed by atoms with van der Waals surface area (Å²) in [6, 6.07) is 3.37. The number of carbonyl (C=O) groups excluding carboxylic acids is 1. The Bertz CT molecular complexity index is 661. The summed E-state index contributed by atoms with van der Waals surface area (Å²) in [7, 11) is 1.49. The van der Waals surface area contributed by atoms with Gasteiger partial charge in [0, 0.05) is 5.92 Å². The van der Waals surface area contributed by atoms with Gasteiger partial charge in [-0.15, -0.1) is 0 Å². The smallest absolute Gasteiger partial charge is 0.244 e. The van der Waals surface area contributed by atoms with E-state index in [4.69, 9.17) is 4.74 Å². The number of phenols is 1. The molecular formula is C17H21BrN2O3. The van der Waals surface area contributed by atoms with Crippen molar-refractivity contribution >= 4 is 28.1 Å². The van der Waals surface area contributed by atoms with Gasteiger partial charge in [0.25, 0.3) is 0 Å². The molecule has 1 amide bonds. The van der Waals surface area contributed by atoms with Crippen molar-refractivity contribution in [2.24, 2.45) is 22.4 Å². The van der Waals surface area contributed by atoms with Crippen molar-refractivity contribution in [1.29, 1.82) is 0 Å². The largest absolute Gasteiger partial charge is 0.503 e. The summed E-state index contributed by atoms with van der Waals surface area (Å²) in [5, 5.41) is 13.8. The summed E-state index contributed by atoms with van der Waals surface area (Å²) in [5.74, 6) is 1.04. The maximum absolute atomic E-state index is 12.3. The highest BCUT2D eigenvalue weighted by Crippen LogP contribution is 2.66. The topological polar surface area (TPSA) is 70.9 Å². The van der Waals surface area contributed by atoms with Gasteiger partial charge in [-0.05, 0) is 57.8 Å². The quantitative estimate of drug-likeness (QED) is 0.620. The molecule has 2 saturated carbocycles. The third-order valence-corrected chi connectivity index (χ3v) is 5.88. The molecule has 2 aliphatic carbocycles. The number of halogens is 1. The van der Waals surface area contributed by atoms with Crippen molar-refractivity contribution in [1.82, 2.24) is 5.43 Å². The Morgan fingerprint density at radius 2 is 2.30 bits per heavy atom. The molecule has 1 aromatic rings. The Morgan fingerprint density at radius 1 is 1.52 bits per heavy atom. The fourth-order valence-corrected chi connectivity index (χ4v) is 4.37. The number of benzene rings is 1. The van der Waals surface area contributed by atoms with E-state index in [-0.39, 0.29) is 23.0 Å². The first-order chi connectivity index (χ1) is 11.0. The van der Waals surface area contributed by atoms with Crippen LogP contribution in [0.3, 0.4) is 0 Å². The first-order valence-corrected chi connectivity index (χ1v) is 8.66. The predicted molar refractivity (Wildman–Crippen MR) is 91.7 cm³/mol. The molecule has 23 heavy (non-hydrogen) atoms. The number of hydrogen-bond acceptors (Lipinski definition) is 4. The van der Waals surface area contributed by atoms with Crippen LogP contribution in [-0.4, -0.2) is 24.3 Å². The second-order valence-electron chi connectivity index (χ2n) is 6.62. The van der Waals surface area contributed by atoms with Gasteiger partial charge in [-0.2, -0.15) is 5.10 Å². The van der Waals surface area contributed by atoms with Gasteiger partial charge in [-0.25, -0.2) is 5.43 Å². The minimum Gasteiger partial charge on any atom is -0.503 e. The van der Waals surface area contributed by atoms with E-state index in [0.717, 1.165) is 18.4 Å². The fourth-order valence-electron chi connectivity index (χ4n) is 3.91. The van der Waals surface area contributed by atoms with Crippen LogP contribution in [-0.2, 0) is 4.79 Å². The molecule has 0 unspecified atom stereocenters. The molecule has 2 fully saturated rings. The maximum atomic E-state index is 12.3. The molecule has 0 spiro atoms. The molecule has 0 aromatic heterocycles. The zero-order chi connectivity index (χ0) is 16.6. The van der Waals surface area contributed by atoms with E-state index in [0.29, 0.717) is 16.1 Å². The number of amides is 1. The Kier molecular flexibility index (Phi) is 4.36. The molecule has 5 nitrogen and oxygen atoms in total. The number of aromatic hydroxyl groups is 1. The number of phenolic OH excluding ortho intramolecular Hbond substituents is 1. The summed E-state index contributed by atoms with van der Waals surface area (Å²) in [5.41, 5.74) is 3.57. The third kappa shape index (κ3) is 2.96. The first-order valence-electron chi connectivity index (χ1n) is 7.87. The van der Waals surface area contributed by atoms with Gasteiger partial charge in [0.15, 0.2) is 11.5 Å². The predicted octanol–water partition coefficient (Wildman–Crippen LogP) is 3.44. The van der Waals surface area contributed by atoms with Gasteiger partial charge in [-0.1, -0.05) is 19.8 Å². The maximum Gasteiger partial charge on any atom is 0.244 e. The Balaban J connectivity index is 1.63. The monoisotopic (exact) mass is 380 g/mol. The van der Waals surface area contributed by atoms with Gasteiger partial charge in [0.2, 0.25) is 5.91 Å². The minimum absolute atomic E-state index is 0.0143. The second kappa shape index (κ2) is 6.15. The zero-order valence-electron chi connectivity index (χ0n) is 13.3. The van der Waals surface area contributed by atoms with Gasteiger partial charge >= 0.3 is 0 Å². The molecule has 0 aliphatic heterocycles. The normalized spacial score (nSPS) is 29.2. The summed E-state index contributed by atoms with van der Waals surface area (Å²) in [6.45, 7) is 2.22. The lowest BCUT2D eigenvalue weighted by molar-refractivity contribution is -0.123. The van der Waals surface area contributed by atoms with Crippen molar-refractivity contribution < 1.29 is 14.6 Å². The first kappa shape index (κ1) is 16.3. The van der Waals surface area contributed by atoms with Gasteiger partial charge in [0.05, 0.1) is 17.8 Å². The van der Waals surface area contributed by atoms with E-state index in [9.17, 15) is 9.90 Å². The summed E-state index contributed by atoms with van der Waals surface area (Å²) >= 11 is 3.26. The van der Waals surface area contributed by atoms with E-state index in [1.165, 1.54) is 20.0 Å². The van der Waals surface area contributed by atoms with Crippen molar-refractivity contribution in [3.63, 3.8) is 0 Å². The van der Waals surface area contributed by atoms with Crippen molar-refractivity contribution in [3.8, 4) is 11.5 Å². The molecule has 6 heteroatoms. The fraction of sp³-hybridized carbons (Fsp3) is 0.529. The average molecular weight is 381 g/mol. The van der Waals surface area contributed by atoms with Crippen LogP contribution >= 0.6 is 15.9 Å². The lowest BCUT2D eigenvalue weighted by Crippen LogP contribution is -2.22. The number of carbonyl (C=O) groups is 1. The van der Waals surface area contributed by atoms with Crippen molar-refractivity contribution in [3.05, 3.63) is 22.2 Å². The van der Waals surface area contributed by atoms with Crippen LogP contribution in [0.15, 0.2) is 21.7 Å². The number of nitrogens with zero attached hydrogens (tertiary/aromatic N) is 1. The number of fused-ring (bicyclic) bond motifs is 1. The number of hydrazone groups is 1. The van der Waals surface area contributed by atoms with Gasteiger partial charge < -0.3 is 9.84 Å². The van der Waals surface area contributed by atoms with Crippen molar-refractivity contribution in [2.45, 2.75) is 32.6 Å². The molecule has 3 atom stereocenters. The Hall–Kier alpha value is -1.56. The number of methoxy groups -OCH3 is 1. The molecule has 2 aliphatic rings. The number of ether oxygens (including phenoxy) is 1. The SMILES string of the molecule is COc1cc(C=NNC(=O)[C@@H]2[C@@H]3CCCC[C@]23C)cc(Br)c1O. The molecule has 0 radical (unpaired) electrons. The van der Waals surface area contributed by atoms with E-state index in [1.54, 1.807) is 18.3 Å². The summed E-state index contributed by atoms with van der Waals surface area (Å²) in [6.07, 6.45) is 6.30. The molecular weight excluding hydrogens is 360 g/mol. The van der Waals surface area contributed by atoms with Crippen LogP contribution in [0.25, 0.3) is 0 Å². The van der Waals surface area contributed by atoms with E-state index >= 15 is 0 Å². The Labute approximate surface area is 144 Å². The third-order valence-electron chi connectivity index (χ3n) is 5.27. The van der Waals surface area contributed by atoms with Gasteiger partial charge in [0.1, 0.15) is 0 Å². The minimum atomic E-state index is 0.0143. The van der Waals surface area contributed by atoms with Crippen LogP contribution in [0.5, 0.6) is 11.5 Å². The zero-order valence-corrected chi connectivity index (χ0v) is 14.9. The lowest BCUT2D eigenvalue weighted by atomic mass is 9.90. The van der Waals surface area contributed by atoms with E-state index < -0.39 is 0 Å². The van der Waals surface area contributed by atoms with Crippen molar-refractivity contribution in [2.75, 3.05) is 7.11 Å². The number of nitrogens with one attached hydrogen (secondary N) is 1. The number of hydrogen-bond donors (Lipinski definition) is 2. The molecule has 0 heterocycles. The highest BCUT2D eigenvalue weighted by Gasteiger charge is 2.64. The number of rotatable bonds is 4. The van der Waals surface area contributed by atoms with Gasteiger partial charge in [-0.3, -0.25) is 4.79 Å². The van der Waals surface area contributed by atoms with Crippen LogP contribution in [0, 0.1) is 17.3 Å².